The molecule has 18 heavy (non-hydrogen) atoms. The average Bonchev–Trinajstić information content (AvgIpc) is 2.38. The maximum absolute atomic E-state index is 10.8. The van der Waals surface area contributed by atoms with E-state index in [1.54, 1.807) is 0 Å². The number of esters is 1. The van der Waals surface area contributed by atoms with Crippen LogP contribution >= 0.6 is 22.6 Å². The van der Waals surface area contributed by atoms with E-state index in [4.69, 9.17) is 0 Å². The van der Waals surface area contributed by atoms with E-state index in [-0.39, 0.29) is 12.5 Å². The average molecular weight is 365 g/mol. The highest BCUT2D eigenvalue weighted by Crippen LogP contribution is 1.97. The van der Waals surface area contributed by atoms with Crippen LogP contribution in [0.3, 0.4) is 0 Å². The molecule has 0 radical (unpaired) electrons. The van der Waals surface area contributed by atoms with E-state index in [1.165, 1.54) is 7.11 Å². The molecule has 102 valence electrons. The predicted molar refractivity (Wildman–Crippen MR) is 81.3 cm³/mol. The number of carbonyl (C=O) groups excluding carboxylic acids is 1. The first-order valence-corrected chi connectivity index (χ1v) is 6.78. The Bertz CT molecular complexity index is 321. The van der Waals surface area contributed by atoms with E-state index < -0.39 is 0 Å². The zero-order chi connectivity index (χ0) is 13.6. The van der Waals surface area contributed by atoms with Crippen molar-refractivity contribution in [2.24, 2.45) is 0 Å². The first-order chi connectivity index (χ1) is 8.70. The van der Waals surface area contributed by atoms with Crippen molar-refractivity contribution < 1.29 is 9.53 Å². The van der Waals surface area contributed by atoms with Crippen LogP contribution in [0.4, 0.5) is 0 Å². The Balaban J connectivity index is 3.30. The van der Waals surface area contributed by atoms with E-state index in [9.17, 15) is 4.79 Å². The summed E-state index contributed by atoms with van der Waals surface area (Å²) in [4.78, 5) is 10.8. The number of hydrogen-bond donors (Lipinski definition) is 3. The zero-order valence-electron chi connectivity index (χ0n) is 10.8. The lowest BCUT2D eigenvalue weighted by Crippen LogP contribution is -2.34. The molecular formula is C12H20IN3O2. The van der Waals surface area contributed by atoms with Crippen molar-refractivity contribution in [3.05, 3.63) is 9.78 Å². The minimum absolute atomic E-state index is 0.242. The van der Waals surface area contributed by atoms with Crippen molar-refractivity contribution in [2.75, 3.05) is 39.8 Å². The van der Waals surface area contributed by atoms with Crippen molar-refractivity contribution >= 4 is 28.6 Å². The van der Waals surface area contributed by atoms with Crippen LogP contribution in [0.5, 0.6) is 0 Å². The molecule has 0 aromatic carbocycles. The summed E-state index contributed by atoms with van der Waals surface area (Å²) in [6.07, 6.45) is 1.85. The highest BCUT2D eigenvalue weighted by atomic mass is 127. The molecule has 0 saturated heterocycles. The summed E-state index contributed by atoms with van der Waals surface area (Å²) in [7, 11) is 1.38. The maximum Gasteiger partial charge on any atom is 0.319 e. The Labute approximate surface area is 122 Å². The quantitative estimate of drug-likeness (QED) is 0.180. The molecule has 3 N–H and O–H groups in total. The van der Waals surface area contributed by atoms with E-state index in [0.29, 0.717) is 0 Å². The molecule has 6 heteroatoms. The van der Waals surface area contributed by atoms with Crippen molar-refractivity contribution in [3.63, 3.8) is 0 Å². The number of hydrogen-bond acceptors (Lipinski definition) is 5. The topological polar surface area (TPSA) is 62.4 Å². The van der Waals surface area contributed by atoms with Crippen LogP contribution < -0.4 is 16.0 Å². The van der Waals surface area contributed by atoms with Gasteiger partial charge in [0.1, 0.15) is 0 Å². The molecule has 0 rings (SSSR count). The van der Waals surface area contributed by atoms with Gasteiger partial charge in [0.05, 0.1) is 17.4 Å². The number of rotatable bonds is 9. The van der Waals surface area contributed by atoms with Gasteiger partial charge < -0.3 is 20.7 Å². The number of allylic oxidation sites excluding steroid dienone is 1. The number of ether oxygens (including phenoxy) is 1. The van der Waals surface area contributed by atoms with Crippen LogP contribution in [-0.2, 0) is 9.53 Å². The summed E-state index contributed by atoms with van der Waals surface area (Å²) in [6, 6.07) is 0. The van der Waals surface area contributed by atoms with Crippen LogP contribution in [0.15, 0.2) is 9.78 Å². The second-order valence-electron chi connectivity index (χ2n) is 3.32. The molecule has 0 heterocycles. The van der Waals surface area contributed by atoms with Gasteiger partial charge in [0.2, 0.25) is 0 Å². The Morgan fingerprint density at radius 1 is 1.28 bits per heavy atom. The highest BCUT2D eigenvalue weighted by Gasteiger charge is 1.96. The summed E-state index contributed by atoms with van der Waals surface area (Å²) < 4.78 is 5.54. The van der Waals surface area contributed by atoms with E-state index in [2.05, 4.69) is 55.1 Å². The van der Waals surface area contributed by atoms with Gasteiger partial charge in [-0.3, -0.25) is 4.79 Å². The molecule has 0 aliphatic heterocycles. The van der Waals surface area contributed by atoms with Gasteiger partial charge in [-0.1, -0.05) is 5.92 Å². The van der Waals surface area contributed by atoms with E-state index in [0.717, 1.165) is 29.9 Å². The van der Waals surface area contributed by atoms with Gasteiger partial charge in [-0.15, -0.1) is 5.92 Å². The molecule has 0 fully saturated rings. The third-order valence-electron chi connectivity index (χ3n) is 1.91. The normalized spacial score (nSPS) is 10.5. The smallest absolute Gasteiger partial charge is 0.319 e. The molecule has 0 bridgehead atoms. The SMILES string of the molecule is CC#C/C=C(/I)NCCNCCNCC(=O)OC. The molecule has 0 aliphatic carbocycles. The van der Waals surface area contributed by atoms with Crippen LogP contribution in [-0.4, -0.2) is 45.8 Å². The predicted octanol–water partition coefficient (Wildman–Crippen LogP) is 0.228. The lowest BCUT2D eigenvalue weighted by molar-refractivity contribution is -0.139. The fourth-order valence-corrected chi connectivity index (χ4v) is 1.45. The summed E-state index contributed by atoms with van der Waals surface area (Å²) in [5.41, 5.74) is 0. The summed E-state index contributed by atoms with van der Waals surface area (Å²) >= 11 is 2.21. The second-order valence-corrected chi connectivity index (χ2v) is 4.48. The molecule has 0 spiro atoms. The first-order valence-electron chi connectivity index (χ1n) is 5.70. The largest absolute Gasteiger partial charge is 0.468 e. The summed E-state index contributed by atoms with van der Waals surface area (Å²) in [5, 5.41) is 9.44. The van der Waals surface area contributed by atoms with Gasteiger partial charge in [-0.05, 0) is 29.5 Å². The lowest BCUT2D eigenvalue weighted by atomic mass is 10.5. The molecule has 0 amide bonds. The standard InChI is InChI=1S/C12H20IN3O2/c1-3-4-5-11(13)16-9-8-14-6-7-15-10-12(17)18-2/h5,14-16H,6-10H2,1-2H3/b11-5-. The second kappa shape index (κ2) is 12.7. The molecule has 0 unspecified atom stereocenters. The Kier molecular flexibility index (Phi) is 12.1. The Morgan fingerprint density at radius 3 is 2.61 bits per heavy atom. The van der Waals surface area contributed by atoms with Gasteiger partial charge in [0.25, 0.3) is 0 Å². The third-order valence-corrected chi connectivity index (χ3v) is 2.61. The Hall–Kier alpha value is -0.780. The monoisotopic (exact) mass is 365 g/mol. The van der Waals surface area contributed by atoms with E-state index >= 15 is 0 Å². The van der Waals surface area contributed by atoms with Gasteiger partial charge in [-0.2, -0.15) is 0 Å². The fourth-order valence-electron chi connectivity index (χ4n) is 1.02. The first kappa shape index (κ1) is 17.2. The fraction of sp³-hybridized carbons (Fsp3) is 0.583. The number of halogens is 1. The van der Waals surface area contributed by atoms with Gasteiger partial charge in [-0.25, -0.2) is 0 Å². The van der Waals surface area contributed by atoms with Crippen molar-refractivity contribution in [1.29, 1.82) is 0 Å². The van der Waals surface area contributed by atoms with Gasteiger partial charge >= 0.3 is 5.97 Å². The van der Waals surface area contributed by atoms with Crippen LogP contribution in [0.1, 0.15) is 6.92 Å². The van der Waals surface area contributed by atoms with E-state index in [1.807, 2.05) is 13.0 Å². The highest BCUT2D eigenvalue weighted by molar-refractivity contribution is 14.1. The third kappa shape index (κ3) is 11.7. The molecule has 0 saturated carbocycles. The van der Waals surface area contributed by atoms with Gasteiger partial charge in [0.15, 0.2) is 0 Å². The molecular weight excluding hydrogens is 345 g/mol. The van der Waals surface area contributed by atoms with Crippen LogP contribution in [0.25, 0.3) is 0 Å². The van der Waals surface area contributed by atoms with Crippen molar-refractivity contribution in [3.8, 4) is 11.8 Å². The van der Waals surface area contributed by atoms with Gasteiger partial charge in [0, 0.05) is 32.3 Å². The summed E-state index contributed by atoms with van der Waals surface area (Å²) in [6.45, 7) is 5.32. The molecule has 0 aliphatic rings. The van der Waals surface area contributed by atoms with Crippen LogP contribution in [0, 0.1) is 11.8 Å². The minimum atomic E-state index is -0.242. The molecule has 0 aromatic heterocycles. The van der Waals surface area contributed by atoms with Crippen molar-refractivity contribution in [2.45, 2.75) is 6.92 Å². The Morgan fingerprint density at radius 2 is 1.94 bits per heavy atom. The maximum atomic E-state index is 10.8. The molecule has 0 aromatic rings. The number of carbonyl (C=O) groups is 1. The number of methoxy groups -OCH3 is 1. The van der Waals surface area contributed by atoms with Crippen molar-refractivity contribution in [1.82, 2.24) is 16.0 Å². The minimum Gasteiger partial charge on any atom is -0.468 e. The lowest BCUT2D eigenvalue weighted by Gasteiger charge is -2.07. The molecule has 5 nitrogen and oxygen atoms in total. The zero-order valence-corrected chi connectivity index (χ0v) is 13.0. The van der Waals surface area contributed by atoms with Crippen LogP contribution in [0.2, 0.25) is 0 Å². The number of nitrogens with one attached hydrogen (secondary N) is 3. The molecule has 0 atom stereocenters. The summed E-state index contributed by atoms with van der Waals surface area (Å²) in [5.74, 6) is 5.44.